The van der Waals surface area contributed by atoms with Crippen molar-refractivity contribution in [2.45, 2.75) is 0 Å². The molecule has 0 aliphatic carbocycles. The first kappa shape index (κ1) is 23.6. The fourth-order valence-corrected chi connectivity index (χ4v) is 0. The van der Waals surface area contributed by atoms with Crippen molar-refractivity contribution < 1.29 is 38.5 Å². The predicted octanol–water partition coefficient (Wildman–Crippen LogP) is -6.41. The van der Waals surface area contributed by atoms with Crippen molar-refractivity contribution in [3.8, 4) is 0 Å². The number of hydrogen-bond donors (Lipinski definition) is 0. The van der Waals surface area contributed by atoms with Crippen LogP contribution in [0.1, 0.15) is 0 Å². The molecule has 0 rings (SSSR count). The van der Waals surface area contributed by atoms with E-state index in [2.05, 4.69) is 0 Å². The van der Waals surface area contributed by atoms with Crippen LogP contribution >= 0.6 is 15.6 Å². The molecule has 0 N–H and O–H groups in total. The Balaban J connectivity index is -0.0000000457. The molecule has 0 aromatic heterocycles. The second-order valence-corrected chi connectivity index (χ2v) is 2.68. The Morgan fingerprint density at radius 1 is 0.667 bits per heavy atom. The minimum Gasteiger partial charge on any atom is -0.822 e. The van der Waals surface area contributed by atoms with Gasteiger partial charge in [-0.15, -0.1) is 0 Å². The van der Waals surface area contributed by atoms with Crippen LogP contribution in [0.2, 0.25) is 0 Å². The Kier molecular flexibility index (Phi) is 18.6. The van der Waals surface area contributed by atoms with Crippen LogP contribution < -0.4 is 29.4 Å². The maximum atomic E-state index is 8.55. The molecule has 0 aromatic rings. The summed E-state index contributed by atoms with van der Waals surface area (Å²) >= 11 is 0. The molecule has 0 spiro atoms. The molecule has 68 valence electrons. The molecule has 8 nitrogen and oxygen atoms in total. The van der Waals surface area contributed by atoms with Gasteiger partial charge in [0.25, 0.3) is 0 Å². The van der Waals surface area contributed by atoms with Crippen LogP contribution in [0.5, 0.6) is 0 Å². The normalized spacial score (nSPS) is 9.83. The zero-order valence-corrected chi connectivity index (χ0v) is 12.9. The summed E-state index contributed by atoms with van der Waals surface area (Å²) in [5, 5.41) is 0. The van der Waals surface area contributed by atoms with Gasteiger partial charge in [0.1, 0.15) is 0 Å². The molecule has 0 amide bonds. The van der Waals surface area contributed by atoms with Crippen molar-refractivity contribution in [2.24, 2.45) is 0 Å². The predicted molar refractivity (Wildman–Crippen MR) is 26.7 cm³/mol. The minimum atomic E-state index is -5.39. The van der Waals surface area contributed by atoms with Gasteiger partial charge in [0.15, 0.2) is 0 Å². The molecule has 12 heavy (non-hydrogen) atoms. The molecular formula is BiO8P2Sb. The van der Waals surface area contributed by atoms with E-state index in [0.717, 1.165) is 0 Å². The van der Waals surface area contributed by atoms with Crippen LogP contribution in [-0.4, -0.2) is 50.6 Å². The summed E-state index contributed by atoms with van der Waals surface area (Å²) in [6.45, 7) is 0. The van der Waals surface area contributed by atoms with Crippen LogP contribution in [0.25, 0.3) is 0 Å². The Morgan fingerprint density at radius 2 is 0.667 bits per heavy atom. The summed E-state index contributed by atoms with van der Waals surface area (Å²) in [6.07, 6.45) is 0. The van der Waals surface area contributed by atoms with Crippen LogP contribution in [0.15, 0.2) is 0 Å². The van der Waals surface area contributed by atoms with E-state index in [1.807, 2.05) is 0 Å². The second-order valence-electron chi connectivity index (χ2n) is 0.894. The number of rotatable bonds is 0. The van der Waals surface area contributed by atoms with Crippen molar-refractivity contribution >= 4 is 66.3 Å². The van der Waals surface area contributed by atoms with E-state index in [-0.39, 0.29) is 50.6 Å². The standard InChI is InChI=1S/Bi.2H3O4P.Sb/c;2*1-5(2,3)4;/h;2*(H3,1,2,3,4);/q+3;;;+3/p-6. The molecule has 0 fully saturated rings. The molecule has 4 radical (unpaired) electrons. The van der Waals surface area contributed by atoms with Crippen LogP contribution in [0.4, 0.5) is 0 Å². The molecule has 0 bridgehead atoms. The quantitative estimate of drug-likeness (QED) is 0.224. The zero-order chi connectivity index (χ0) is 9.00. The van der Waals surface area contributed by atoms with Crippen molar-refractivity contribution in [3.63, 3.8) is 0 Å². The van der Waals surface area contributed by atoms with E-state index in [1.165, 1.54) is 0 Å². The van der Waals surface area contributed by atoms with E-state index in [9.17, 15) is 0 Å². The van der Waals surface area contributed by atoms with Crippen molar-refractivity contribution in [1.29, 1.82) is 0 Å². The van der Waals surface area contributed by atoms with E-state index in [0.29, 0.717) is 0 Å². The van der Waals surface area contributed by atoms with E-state index in [1.54, 1.807) is 0 Å². The Hall–Kier alpha value is 1.92. The van der Waals surface area contributed by atoms with Gasteiger partial charge in [0.05, 0.1) is 0 Å². The van der Waals surface area contributed by atoms with Crippen molar-refractivity contribution in [3.05, 3.63) is 0 Å². The molecule has 0 aromatic carbocycles. The topological polar surface area (TPSA) is 172 Å². The number of hydrogen-bond acceptors (Lipinski definition) is 8. The summed E-state index contributed by atoms with van der Waals surface area (Å²) < 4.78 is 17.1. The molecule has 0 unspecified atom stereocenters. The Bertz CT molecular complexity index is 129. The summed E-state index contributed by atoms with van der Waals surface area (Å²) in [5.74, 6) is 0. The minimum absolute atomic E-state index is 0. The fraction of sp³-hybridized carbons (Fsp3) is 0. The van der Waals surface area contributed by atoms with Gasteiger partial charge >= 0.3 is 50.6 Å². The average molecular weight is 521 g/mol. The van der Waals surface area contributed by atoms with Gasteiger partial charge in [-0.1, -0.05) is 0 Å². The van der Waals surface area contributed by atoms with Crippen LogP contribution in [0, 0.1) is 0 Å². The van der Waals surface area contributed by atoms with Gasteiger partial charge in [0, 0.05) is 0 Å². The molecular weight excluding hydrogens is 521 g/mol. The molecule has 0 saturated carbocycles. The van der Waals surface area contributed by atoms with Gasteiger partial charge in [-0.3, -0.25) is 0 Å². The SMILES string of the molecule is O=P([O-])([O-])[O-].O=P([O-])([O-])[O-].[Bi+3].[Sb+3]. The van der Waals surface area contributed by atoms with Gasteiger partial charge in [0.2, 0.25) is 0 Å². The maximum Gasteiger partial charge on any atom is 3.00 e. The van der Waals surface area contributed by atoms with Crippen LogP contribution in [-0.2, 0) is 9.13 Å². The first-order chi connectivity index (χ1) is 4.00. The fourth-order valence-electron chi connectivity index (χ4n) is 0. The molecule has 12 heteroatoms. The zero-order valence-electron chi connectivity index (χ0n) is 5.05. The summed E-state index contributed by atoms with van der Waals surface area (Å²) in [6, 6.07) is 0. The monoisotopic (exact) mass is 520 g/mol. The van der Waals surface area contributed by atoms with Gasteiger partial charge in [-0.05, 0) is 0 Å². The molecule has 0 aliphatic heterocycles. The molecule has 0 heterocycles. The second kappa shape index (κ2) is 9.48. The van der Waals surface area contributed by atoms with Crippen molar-refractivity contribution in [2.75, 3.05) is 0 Å². The smallest absolute Gasteiger partial charge is 0.822 e. The van der Waals surface area contributed by atoms with E-state index < -0.39 is 15.6 Å². The van der Waals surface area contributed by atoms with E-state index >= 15 is 0 Å². The molecule has 0 aliphatic rings. The van der Waals surface area contributed by atoms with E-state index in [4.69, 9.17) is 38.5 Å². The summed E-state index contributed by atoms with van der Waals surface area (Å²) in [7, 11) is -10.8. The third kappa shape index (κ3) is 385. The Morgan fingerprint density at radius 3 is 0.667 bits per heavy atom. The van der Waals surface area contributed by atoms with Crippen LogP contribution in [0.3, 0.4) is 0 Å². The maximum absolute atomic E-state index is 8.55. The first-order valence-corrected chi connectivity index (χ1v) is 4.38. The summed E-state index contributed by atoms with van der Waals surface area (Å²) in [4.78, 5) is 51.3. The number of phosphoric acid groups is 2. The third-order valence-corrected chi connectivity index (χ3v) is 0. The molecule has 0 atom stereocenters. The largest absolute Gasteiger partial charge is 3.00 e. The molecule has 0 saturated heterocycles. The first-order valence-electron chi connectivity index (χ1n) is 1.46. The van der Waals surface area contributed by atoms with Gasteiger partial charge in [-0.2, -0.15) is 15.6 Å². The van der Waals surface area contributed by atoms with Crippen molar-refractivity contribution in [1.82, 2.24) is 0 Å². The Labute approximate surface area is 104 Å². The van der Waals surface area contributed by atoms with Gasteiger partial charge < -0.3 is 38.5 Å². The third-order valence-electron chi connectivity index (χ3n) is 0. The van der Waals surface area contributed by atoms with Gasteiger partial charge in [-0.25, -0.2) is 0 Å². The average Bonchev–Trinajstić information content (AvgIpc) is 1.12. The summed E-state index contributed by atoms with van der Waals surface area (Å²) in [5.41, 5.74) is 0.